The first-order valence-electron chi connectivity index (χ1n) is 10.0. The van der Waals surface area contributed by atoms with Crippen molar-refractivity contribution in [1.82, 2.24) is 19.5 Å². The molecule has 8 nitrogen and oxygen atoms in total. The van der Waals surface area contributed by atoms with Crippen LogP contribution in [-0.2, 0) is 19.1 Å². The fraction of sp³-hybridized carbons (Fsp3) is 0.300. The van der Waals surface area contributed by atoms with Crippen molar-refractivity contribution in [1.29, 1.82) is 0 Å². The monoisotopic (exact) mass is 643 g/mol. The molecule has 0 radical (unpaired) electrons. The largest absolute Gasteiger partial charge is 0.438 e. The van der Waals surface area contributed by atoms with Gasteiger partial charge in [-0.05, 0) is 53.6 Å². The number of aliphatic hydroxyl groups is 1. The van der Waals surface area contributed by atoms with E-state index in [1.54, 1.807) is 4.90 Å². The van der Waals surface area contributed by atoms with Gasteiger partial charge in [-0.15, -0.1) is 0 Å². The molecule has 1 aliphatic rings. The van der Waals surface area contributed by atoms with Crippen LogP contribution in [0.1, 0.15) is 35.7 Å². The van der Waals surface area contributed by atoms with E-state index in [1.165, 1.54) is 17.6 Å². The topological polar surface area (TPSA) is 93.4 Å². The minimum Gasteiger partial charge on any atom is -0.438 e. The summed E-state index contributed by atoms with van der Waals surface area (Å²) in [5.41, 5.74) is -0.561. The van der Waals surface area contributed by atoms with Crippen molar-refractivity contribution in [2.75, 3.05) is 11.4 Å². The molecule has 1 aromatic carbocycles. The van der Waals surface area contributed by atoms with Gasteiger partial charge in [0.05, 0.1) is 30.5 Å². The number of halogens is 6. The van der Waals surface area contributed by atoms with Crippen molar-refractivity contribution in [2.45, 2.75) is 32.2 Å². The molecule has 2 atom stereocenters. The summed E-state index contributed by atoms with van der Waals surface area (Å²) in [6.07, 6.45) is -4.25. The first-order valence-corrected chi connectivity index (χ1v) is 14.4. The molecular weight excluding hydrogens is 628 g/mol. The molecule has 0 saturated heterocycles. The van der Waals surface area contributed by atoms with Crippen LogP contribution in [0, 0.1) is 5.82 Å². The third kappa shape index (κ3) is 5.37. The molecule has 3 aromatic rings. The second-order valence-corrected chi connectivity index (χ2v) is 9.96. The lowest BCUT2D eigenvalue weighted by molar-refractivity contribution is -0.138. The minimum absolute atomic E-state index is 0.0185. The summed E-state index contributed by atoms with van der Waals surface area (Å²) in [5, 5.41) is 14.1. The standard InChI is InChI=1S/C20H16ClF4IN5O3P/c1-9(32)17-28-13-8-30(14-7-27-31(35-26)19(33)16(14)21)5-4-11(13)18(29-17)34-15-3-2-10(22)6-12(15)20(23,24)25/h2-3,6-7,9,32,35H,4-5,8H2,1H3. The summed E-state index contributed by atoms with van der Waals surface area (Å²) in [6.45, 7) is 1.82. The summed E-state index contributed by atoms with van der Waals surface area (Å²) in [5.74, 6) is -1.94. The SMILES string of the molecule is CC(O)c1nc2c(c(Oc3ccc(F)cc3C(F)(F)F)n1)CCN(c1cnn(PI)c(=O)c1Cl)C2. The van der Waals surface area contributed by atoms with Crippen LogP contribution >= 0.6 is 40.0 Å². The van der Waals surface area contributed by atoms with Crippen LogP contribution in [0.5, 0.6) is 11.6 Å². The molecule has 1 N–H and O–H groups in total. The predicted molar refractivity (Wildman–Crippen MR) is 130 cm³/mol. The number of rotatable bonds is 5. The zero-order chi connectivity index (χ0) is 25.5. The minimum atomic E-state index is -4.86. The van der Waals surface area contributed by atoms with Crippen molar-refractivity contribution < 1.29 is 27.4 Å². The van der Waals surface area contributed by atoms with E-state index >= 15 is 0 Å². The Hall–Kier alpha value is -2.09. The van der Waals surface area contributed by atoms with Crippen LogP contribution in [0.2, 0.25) is 5.02 Å². The number of hydrogen-bond donors (Lipinski definition) is 1. The van der Waals surface area contributed by atoms with Crippen molar-refractivity contribution >= 4 is 45.7 Å². The molecule has 35 heavy (non-hydrogen) atoms. The summed E-state index contributed by atoms with van der Waals surface area (Å²) in [7, 11) is 0. The van der Waals surface area contributed by atoms with E-state index in [0.717, 1.165) is 12.1 Å². The van der Waals surface area contributed by atoms with Gasteiger partial charge in [0.15, 0.2) is 5.82 Å². The first-order chi connectivity index (χ1) is 16.5. The van der Waals surface area contributed by atoms with Crippen LogP contribution in [0.3, 0.4) is 0 Å². The fourth-order valence-corrected chi connectivity index (χ4v) is 5.15. The average Bonchev–Trinajstić information content (AvgIpc) is 2.80. The highest BCUT2D eigenvalue weighted by Crippen LogP contribution is 2.40. The molecule has 0 amide bonds. The van der Waals surface area contributed by atoms with E-state index in [1.807, 2.05) is 22.0 Å². The highest BCUT2D eigenvalue weighted by atomic mass is 127. The summed E-state index contributed by atoms with van der Waals surface area (Å²) in [6, 6.07) is 2.06. The van der Waals surface area contributed by atoms with Crippen LogP contribution in [0.15, 0.2) is 29.2 Å². The lowest BCUT2D eigenvalue weighted by Gasteiger charge is -2.31. The van der Waals surface area contributed by atoms with E-state index in [4.69, 9.17) is 16.3 Å². The van der Waals surface area contributed by atoms with E-state index in [9.17, 15) is 27.5 Å². The molecular formula is C20H16ClF4IN5O3P. The van der Waals surface area contributed by atoms with Crippen molar-refractivity contribution in [2.24, 2.45) is 0 Å². The highest BCUT2D eigenvalue weighted by Gasteiger charge is 2.36. The number of hydrogen-bond acceptors (Lipinski definition) is 7. The zero-order valence-electron chi connectivity index (χ0n) is 17.8. The second kappa shape index (κ2) is 10.1. The number of nitrogens with zero attached hydrogens (tertiary/aromatic N) is 5. The lowest BCUT2D eigenvalue weighted by Crippen LogP contribution is -2.34. The van der Waals surface area contributed by atoms with Crippen molar-refractivity contribution in [3.63, 3.8) is 0 Å². The summed E-state index contributed by atoms with van der Waals surface area (Å²) < 4.78 is 60.7. The molecule has 4 rings (SSSR count). The molecule has 186 valence electrons. The van der Waals surface area contributed by atoms with Gasteiger partial charge in [-0.2, -0.15) is 23.3 Å². The molecule has 0 aliphatic carbocycles. The summed E-state index contributed by atoms with van der Waals surface area (Å²) >= 11 is 8.29. The second-order valence-electron chi connectivity index (χ2n) is 7.55. The summed E-state index contributed by atoms with van der Waals surface area (Å²) in [4.78, 5) is 22.6. The van der Waals surface area contributed by atoms with Crippen molar-refractivity contribution in [3.05, 3.63) is 68.2 Å². The Morgan fingerprint density at radius 1 is 1.31 bits per heavy atom. The lowest BCUT2D eigenvalue weighted by atomic mass is 10.0. The Labute approximate surface area is 215 Å². The van der Waals surface area contributed by atoms with Crippen molar-refractivity contribution in [3.8, 4) is 11.6 Å². The van der Waals surface area contributed by atoms with E-state index in [-0.39, 0.29) is 36.1 Å². The molecule has 0 spiro atoms. The highest BCUT2D eigenvalue weighted by molar-refractivity contribution is 14.2. The Balaban J connectivity index is 1.75. The van der Waals surface area contributed by atoms with E-state index in [2.05, 4.69) is 15.1 Å². The Bertz CT molecular complexity index is 1340. The van der Waals surface area contributed by atoms with Gasteiger partial charge in [0, 0.05) is 12.1 Å². The number of fused-ring (bicyclic) bond motifs is 1. The van der Waals surface area contributed by atoms with Crippen LogP contribution in [0.4, 0.5) is 23.2 Å². The molecule has 0 bridgehead atoms. The smallest absolute Gasteiger partial charge is 0.420 e. The molecule has 2 unspecified atom stereocenters. The Morgan fingerprint density at radius 2 is 2.06 bits per heavy atom. The maximum absolute atomic E-state index is 13.5. The third-order valence-corrected chi connectivity index (χ3v) is 7.40. The van der Waals surface area contributed by atoms with E-state index < -0.39 is 35.0 Å². The van der Waals surface area contributed by atoms with Gasteiger partial charge in [0.2, 0.25) is 5.88 Å². The normalized spacial score (nSPS) is 14.9. The van der Waals surface area contributed by atoms with Gasteiger partial charge in [-0.25, -0.2) is 13.8 Å². The van der Waals surface area contributed by atoms with Gasteiger partial charge < -0.3 is 14.7 Å². The number of anilines is 1. The van der Waals surface area contributed by atoms with Crippen LogP contribution in [-0.4, -0.2) is 31.2 Å². The molecule has 3 heterocycles. The predicted octanol–water partition coefficient (Wildman–Crippen LogP) is 5.04. The van der Waals surface area contributed by atoms with E-state index in [0.29, 0.717) is 29.6 Å². The first kappa shape index (κ1) is 26.0. The van der Waals surface area contributed by atoms with Gasteiger partial charge in [0.1, 0.15) is 28.3 Å². The van der Waals surface area contributed by atoms with Gasteiger partial charge in [0.25, 0.3) is 5.56 Å². The van der Waals surface area contributed by atoms with Gasteiger partial charge in [-0.3, -0.25) is 4.79 Å². The molecule has 15 heteroatoms. The quantitative estimate of drug-likeness (QED) is 0.237. The Kier molecular flexibility index (Phi) is 7.51. The number of ether oxygens (including phenoxy) is 1. The number of aromatic nitrogens is 4. The Morgan fingerprint density at radius 3 is 2.71 bits per heavy atom. The molecule has 1 aliphatic heterocycles. The van der Waals surface area contributed by atoms with Gasteiger partial charge in [-0.1, -0.05) is 11.6 Å². The molecule has 2 aromatic heterocycles. The molecule has 0 saturated carbocycles. The number of benzene rings is 1. The number of alkyl halides is 3. The molecule has 0 fully saturated rings. The average molecular weight is 644 g/mol. The number of aliphatic hydroxyl groups excluding tert-OH is 1. The zero-order valence-corrected chi connectivity index (χ0v) is 21.7. The third-order valence-electron chi connectivity index (χ3n) is 5.19. The van der Waals surface area contributed by atoms with Gasteiger partial charge >= 0.3 is 6.18 Å². The van der Waals surface area contributed by atoms with Crippen LogP contribution in [0.25, 0.3) is 0 Å². The maximum Gasteiger partial charge on any atom is 0.420 e. The fourth-order valence-electron chi connectivity index (χ4n) is 3.51. The van der Waals surface area contributed by atoms with Crippen LogP contribution < -0.4 is 15.2 Å². The maximum atomic E-state index is 13.5.